The van der Waals surface area contributed by atoms with Gasteiger partial charge in [0.1, 0.15) is 11.1 Å². The minimum atomic E-state index is -0.612. The van der Waals surface area contributed by atoms with E-state index in [1.165, 1.54) is 0 Å². The van der Waals surface area contributed by atoms with E-state index in [-0.39, 0.29) is 17.6 Å². The molecule has 6 nitrogen and oxygen atoms in total. The van der Waals surface area contributed by atoms with Gasteiger partial charge >= 0.3 is 5.63 Å². The van der Waals surface area contributed by atoms with E-state index in [2.05, 4.69) is 0 Å². The Labute approximate surface area is 175 Å². The van der Waals surface area contributed by atoms with Crippen molar-refractivity contribution in [2.45, 2.75) is 25.5 Å². The van der Waals surface area contributed by atoms with Crippen LogP contribution in [0.15, 0.2) is 63.8 Å². The summed E-state index contributed by atoms with van der Waals surface area (Å²) in [6, 6.07) is 16.9. The molecule has 0 aliphatic carbocycles. The van der Waals surface area contributed by atoms with Crippen LogP contribution < -0.4 is 10.5 Å². The Morgan fingerprint density at radius 1 is 1.10 bits per heavy atom. The Morgan fingerprint density at radius 2 is 1.87 bits per heavy atom. The maximum Gasteiger partial charge on any atom is 0.349 e. The average molecular weight is 406 g/mol. The van der Waals surface area contributed by atoms with Gasteiger partial charge in [0, 0.05) is 44.9 Å². The van der Waals surface area contributed by atoms with Crippen LogP contribution in [0.3, 0.4) is 0 Å². The van der Waals surface area contributed by atoms with Crippen LogP contribution in [0.5, 0.6) is 0 Å². The summed E-state index contributed by atoms with van der Waals surface area (Å²) in [7, 11) is 3.97. The molecule has 1 atom stereocenters. The molecule has 2 aromatic carbocycles. The van der Waals surface area contributed by atoms with Crippen molar-refractivity contribution in [1.29, 1.82) is 0 Å². The summed E-state index contributed by atoms with van der Waals surface area (Å²) < 4.78 is 11.1. The number of para-hydroxylation sites is 1. The summed E-state index contributed by atoms with van der Waals surface area (Å²) >= 11 is 0. The van der Waals surface area contributed by atoms with Crippen molar-refractivity contribution in [1.82, 2.24) is 4.90 Å². The molecule has 2 heterocycles. The lowest BCUT2D eigenvalue weighted by Crippen LogP contribution is -2.38. The third-order valence-corrected chi connectivity index (χ3v) is 5.43. The molecule has 0 bridgehead atoms. The van der Waals surface area contributed by atoms with Crippen LogP contribution >= 0.6 is 0 Å². The Balaban J connectivity index is 1.63. The van der Waals surface area contributed by atoms with E-state index >= 15 is 0 Å². The number of anilines is 1. The van der Waals surface area contributed by atoms with E-state index in [4.69, 9.17) is 9.15 Å². The molecule has 1 fully saturated rings. The Hall–Kier alpha value is -3.12. The van der Waals surface area contributed by atoms with Gasteiger partial charge in [0.25, 0.3) is 5.91 Å². The Kier molecular flexibility index (Phi) is 5.86. The van der Waals surface area contributed by atoms with Gasteiger partial charge in [-0.3, -0.25) is 4.79 Å². The van der Waals surface area contributed by atoms with Gasteiger partial charge in [0.15, 0.2) is 0 Å². The van der Waals surface area contributed by atoms with Crippen LogP contribution in [-0.4, -0.2) is 44.2 Å². The molecular formula is C24H26N2O4. The first-order valence-corrected chi connectivity index (χ1v) is 10.2. The molecule has 0 spiro atoms. The summed E-state index contributed by atoms with van der Waals surface area (Å²) in [5.74, 6) is -0.332. The number of benzene rings is 2. The van der Waals surface area contributed by atoms with Crippen molar-refractivity contribution in [3.63, 3.8) is 0 Å². The van der Waals surface area contributed by atoms with Crippen molar-refractivity contribution in [2.24, 2.45) is 0 Å². The summed E-state index contributed by atoms with van der Waals surface area (Å²) in [4.78, 5) is 29.6. The SMILES string of the molecule is CN(C)c1ccc(CN(CC2CCCO2)C(=O)c2cc3ccccc3oc2=O)cc1. The first-order chi connectivity index (χ1) is 14.5. The number of amides is 1. The van der Waals surface area contributed by atoms with E-state index in [1.54, 1.807) is 23.1 Å². The fourth-order valence-corrected chi connectivity index (χ4v) is 3.75. The van der Waals surface area contributed by atoms with Crippen molar-refractivity contribution in [2.75, 3.05) is 32.1 Å². The van der Waals surface area contributed by atoms with E-state index in [0.717, 1.165) is 29.5 Å². The number of carbonyl (C=O) groups is 1. The van der Waals surface area contributed by atoms with Gasteiger partial charge in [-0.05, 0) is 42.7 Å². The van der Waals surface area contributed by atoms with Gasteiger partial charge < -0.3 is 19.0 Å². The van der Waals surface area contributed by atoms with E-state index in [0.29, 0.717) is 25.3 Å². The fourth-order valence-electron chi connectivity index (χ4n) is 3.75. The standard InChI is InChI=1S/C24H26N2O4/c1-25(2)19-11-9-17(10-12-19)15-26(16-20-7-5-13-29-20)23(27)21-14-18-6-3-4-8-22(18)30-24(21)28/h3-4,6,8-12,14,20H,5,7,13,15-16H2,1-2H3. The molecule has 4 rings (SSSR count). The average Bonchev–Trinajstić information content (AvgIpc) is 3.26. The number of hydrogen-bond acceptors (Lipinski definition) is 5. The molecule has 1 aromatic heterocycles. The zero-order chi connectivity index (χ0) is 21.1. The maximum atomic E-state index is 13.4. The minimum absolute atomic E-state index is 0.0116. The molecule has 0 radical (unpaired) electrons. The second-order valence-corrected chi connectivity index (χ2v) is 7.87. The predicted molar refractivity (Wildman–Crippen MR) is 117 cm³/mol. The highest BCUT2D eigenvalue weighted by Gasteiger charge is 2.26. The van der Waals surface area contributed by atoms with Gasteiger partial charge in [-0.2, -0.15) is 0 Å². The van der Waals surface area contributed by atoms with Crippen molar-refractivity contribution < 1.29 is 13.9 Å². The minimum Gasteiger partial charge on any atom is -0.422 e. The van der Waals surface area contributed by atoms with E-state index in [9.17, 15) is 9.59 Å². The summed E-state index contributed by atoms with van der Waals surface area (Å²) in [6.07, 6.45) is 1.89. The molecular weight excluding hydrogens is 380 g/mol. The molecule has 156 valence electrons. The van der Waals surface area contributed by atoms with E-state index in [1.807, 2.05) is 55.4 Å². The lowest BCUT2D eigenvalue weighted by atomic mass is 10.1. The summed E-state index contributed by atoms with van der Waals surface area (Å²) in [5, 5.41) is 0.729. The second kappa shape index (κ2) is 8.71. The van der Waals surface area contributed by atoms with E-state index < -0.39 is 5.63 Å². The number of hydrogen-bond donors (Lipinski definition) is 0. The molecule has 1 saturated heterocycles. The molecule has 1 unspecified atom stereocenters. The molecule has 1 aliphatic rings. The van der Waals surface area contributed by atoms with Gasteiger partial charge in [-0.1, -0.05) is 30.3 Å². The topological polar surface area (TPSA) is 63.0 Å². The van der Waals surface area contributed by atoms with Gasteiger partial charge in [-0.25, -0.2) is 4.79 Å². The molecule has 6 heteroatoms. The van der Waals surface area contributed by atoms with Crippen LogP contribution in [0, 0.1) is 0 Å². The van der Waals surface area contributed by atoms with Crippen LogP contribution in [0.4, 0.5) is 5.69 Å². The Morgan fingerprint density at radius 3 is 2.57 bits per heavy atom. The highest BCUT2D eigenvalue weighted by atomic mass is 16.5. The highest BCUT2D eigenvalue weighted by molar-refractivity contribution is 5.96. The number of rotatable bonds is 6. The zero-order valence-electron chi connectivity index (χ0n) is 17.3. The number of carbonyl (C=O) groups excluding carboxylic acids is 1. The molecule has 1 amide bonds. The second-order valence-electron chi connectivity index (χ2n) is 7.87. The number of fused-ring (bicyclic) bond motifs is 1. The monoisotopic (exact) mass is 406 g/mol. The normalized spacial score (nSPS) is 16.0. The van der Waals surface area contributed by atoms with Gasteiger partial charge in [0.05, 0.1) is 6.10 Å². The van der Waals surface area contributed by atoms with Crippen molar-refractivity contribution in [3.8, 4) is 0 Å². The molecule has 3 aromatic rings. The van der Waals surface area contributed by atoms with Crippen LogP contribution in [-0.2, 0) is 11.3 Å². The van der Waals surface area contributed by atoms with Crippen LogP contribution in [0.1, 0.15) is 28.8 Å². The third kappa shape index (κ3) is 4.39. The fraction of sp³-hybridized carbons (Fsp3) is 0.333. The summed E-state index contributed by atoms with van der Waals surface area (Å²) in [6.45, 7) is 1.56. The number of ether oxygens (including phenoxy) is 1. The molecule has 0 N–H and O–H groups in total. The summed E-state index contributed by atoms with van der Waals surface area (Å²) in [5.41, 5.74) is 2.00. The lowest BCUT2D eigenvalue weighted by Gasteiger charge is -2.25. The first-order valence-electron chi connectivity index (χ1n) is 10.2. The van der Waals surface area contributed by atoms with Crippen LogP contribution in [0.2, 0.25) is 0 Å². The smallest absolute Gasteiger partial charge is 0.349 e. The third-order valence-electron chi connectivity index (χ3n) is 5.43. The largest absolute Gasteiger partial charge is 0.422 e. The van der Waals surface area contributed by atoms with Gasteiger partial charge in [0.2, 0.25) is 0 Å². The molecule has 1 aliphatic heterocycles. The van der Waals surface area contributed by atoms with Crippen molar-refractivity contribution >= 4 is 22.6 Å². The quantitative estimate of drug-likeness (QED) is 0.585. The Bertz CT molecular complexity index is 1080. The predicted octanol–water partition coefficient (Wildman–Crippen LogP) is 3.68. The first kappa shape index (κ1) is 20.2. The number of nitrogens with zero attached hydrogens (tertiary/aromatic N) is 2. The van der Waals surface area contributed by atoms with Crippen LogP contribution in [0.25, 0.3) is 11.0 Å². The van der Waals surface area contributed by atoms with Crippen molar-refractivity contribution in [3.05, 3.63) is 76.1 Å². The lowest BCUT2D eigenvalue weighted by molar-refractivity contribution is 0.0504. The maximum absolute atomic E-state index is 13.4. The molecule has 30 heavy (non-hydrogen) atoms. The molecule has 0 saturated carbocycles. The highest BCUT2D eigenvalue weighted by Crippen LogP contribution is 2.20. The zero-order valence-corrected chi connectivity index (χ0v) is 17.3. The van der Waals surface area contributed by atoms with Gasteiger partial charge in [-0.15, -0.1) is 0 Å².